The number of morpholine rings is 1. The van der Waals surface area contributed by atoms with Crippen LogP contribution in [0.3, 0.4) is 0 Å². The van der Waals surface area contributed by atoms with Gasteiger partial charge in [0.15, 0.2) is 0 Å². The molecule has 3 rings (SSSR count). The van der Waals surface area contributed by atoms with E-state index in [0.29, 0.717) is 37.1 Å². The molecular formula is C17H21Cl2N3O4. The van der Waals surface area contributed by atoms with Crippen LogP contribution in [-0.4, -0.2) is 43.8 Å². The SMILES string of the molecule is COc1ccc(Oc2ccc(NC(=O)C3COCCN3)cn2)cc1.Cl.Cl. The number of ether oxygens (including phenoxy) is 3. The number of halogens is 2. The predicted molar refractivity (Wildman–Crippen MR) is 103 cm³/mol. The zero-order valence-corrected chi connectivity index (χ0v) is 15.8. The molecule has 1 unspecified atom stereocenters. The Morgan fingerprint density at radius 1 is 1.19 bits per heavy atom. The third-order valence-electron chi connectivity index (χ3n) is 3.52. The van der Waals surface area contributed by atoms with Crippen LogP contribution in [0.2, 0.25) is 0 Å². The zero-order chi connectivity index (χ0) is 16.8. The van der Waals surface area contributed by atoms with Crippen molar-refractivity contribution < 1.29 is 19.0 Å². The summed E-state index contributed by atoms with van der Waals surface area (Å²) in [6.07, 6.45) is 1.56. The Kier molecular flexibility index (Phi) is 9.15. The molecule has 1 aromatic carbocycles. The Hall–Kier alpha value is -2.06. The van der Waals surface area contributed by atoms with E-state index < -0.39 is 0 Å². The number of carbonyl (C=O) groups is 1. The highest BCUT2D eigenvalue weighted by molar-refractivity contribution is 5.94. The van der Waals surface area contributed by atoms with E-state index in [1.165, 1.54) is 0 Å². The molecule has 1 fully saturated rings. The lowest BCUT2D eigenvalue weighted by Crippen LogP contribution is -2.48. The fraction of sp³-hybridized carbons (Fsp3) is 0.294. The first-order valence-corrected chi connectivity index (χ1v) is 7.64. The number of hydrogen-bond acceptors (Lipinski definition) is 6. The van der Waals surface area contributed by atoms with Gasteiger partial charge in [0.1, 0.15) is 17.5 Å². The number of amides is 1. The number of nitrogens with zero attached hydrogens (tertiary/aromatic N) is 1. The van der Waals surface area contributed by atoms with Crippen molar-refractivity contribution in [2.24, 2.45) is 0 Å². The van der Waals surface area contributed by atoms with Gasteiger partial charge in [-0.3, -0.25) is 4.79 Å². The Labute approximate surface area is 164 Å². The van der Waals surface area contributed by atoms with Crippen molar-refractivity contribution in [3.05, 3.63) is 42.6 Å². The monoisotopic (exact) mass is 401 g/mol. The molecule has 0 saturated carbocycles. The normalized spacial score (nSPS) is 15.8. The first-order valence-electron chi connectivity index (χ1n) is 7.64. The quantitative estimate of drug-likeness (QED) is 0.801. The Morgan fingerprint density at radius 2 is 1.92 bits per heavy atom. The molecule has 26 heavy (non-hydrogen) atoms. The summed E-state index contributed by atoms with van der Waals surface area (Å²) in [7, 11) is 1.61. The van der Waals surface area contributed by atoms with E-state index in [1.54, 1.807) is 37.6 Å². The number of anilines is 1. The van der Waals surface area contributed by atoms with Gasteiger partial charge in [-0.1, -0.05) is 0 Å². The van der Waals surface area contributed by atoms with Crippen LogP contribution in [0, 0.1) is 0 Å². The smallest absolute Gasteiger partial charge is 0.243 e. The van der Waals surface area contributed by atoms with E-state index in [-0.39, 0.29) is 36.8 Å². The van der Waals surface area contributed by atoms with Gasteiger partial charge >= 0.3 is 0 Å². The van der Waals surface area contributed by atoms with Crippen molar-refractivity contribution in [1.82, 2.24) is 10.3 Å². The fourth-order valence-electron chi connectivity index (χ4n) is 2.24. The summed E-state index contributed by atoms with van der Waals surface area (Å²) in [5.41, 5.74) is 0.606. The standard InChI is InChI=1S/C17H19N3O4.2ClH/c1-22-13-3-5-14(6-4-13)24-16-7-2-12(10-19-16)20-17(21)15-11-23-9-8-18-15;;/h2-7,10,15,18H,8-9,11H2,1H3,(H,20,21);2*1H. The van der Waals surface area contributed by atoms with Crippen LogP contribution in [0.25, 0.3) is 0 Å². The number of nitrogens with one attached hydrogen (secondary N) is 2. The van der Waals surface area contributed by atoms with Crippen molar-refractivity contribution in [3.63, 3.8) is 0 Å². The third-order valence-corrected chi connectivity index (χ3v) is 3.52. The fourth-order valence-corrected chi connectivity index (χ4v) is 2.24. The van der Waals surface area contributed by atoms with Gasteiger partial charge in [0.25, 0.3) is 0 Å². The molecule has 2 aromatic rings. The maximum atomic E-state index is 12.1. The second kappa shape index (κ2) is 10.8. The highest BCUT2D eigenvalue weighted by Gasteiger charge is 2.21. The van der Waals surface area contributed by atoms with Gasteiger partial charge < -0.3 is 24.8 Å². The lowest BCUT2D eigenvalue weighted by Gasteiger charge is -2.22. The van der Waals surface area contributed by atoms with Crippen LogP contribution in [0.5, 0.6) is 17.4 Å². The number of methoxy groups -OCH3 is 1. The molecule has 1 saturated heterocycles. The zero-order valence-electron chi connectivity index (χ0n) is 14.1. The Morgan fingerprint density at radius 3 is 2.50 bits per heavy atom. The van der Waals surface area contributed by atoms with Gasteiger partial charge in [-0.05, 0) is 30.3 Å². The van der Waals surface area contributed by atoms with Crippen LogP contribution in [0.1, 0.15) is 0 Å². The summed E-state index contributed by atoms with van der Waals surface area (Å²) < 4.78 is 16.0. The first kappa shape index (κ1) is 22.0. The molecule has 0 aliphatic carbocycles. The number of benzene rings is 1. The summed E-state index contributed by atoms with van der Waals surface area (Å²) >= 11 is 0. The molecule has 142 valence electrons. The number of hydrogen-bond donors (Lipinski definition) is 2. The topological polar surface area (TPSA) is 81.7 Å². The average molecular weight is 402 g/mol. The Balaban J connectivity index is 0.00000169. The van der Waals surface area contributed by atoms with E-state index in [0.717, 1.165) is 5.75 Å². The maximum Gasteiger partial charge on any atom is 0.243 e. The van der Waals surface area contributed by atoms with Gasteiger partial charge in [-0.25, -0.2) is 4.98 Å². The molecule has 1 aliphatic heterocycles. The van der Waals surface area contributed by atoms with E-state index in [9.17, 15) is 4.79 Å². The molecular weight excluding hydrogens is 381 g/mol. The van der Waals surface area contributed by atoms with Crippen molar-refractivity contribution in [1.29, 1.82) is 0 Å². The van der Waals surface area contributed by atoms with Gasteiger partial charge in [0.2, 0.25) is 11.8 Å². The molecule has 0 spiro atoms. The molecule has 2 heterocycles. The molecule has 1 aliphatic rings. The first-order chi connectivity index (χ1) is 11.7. The molecule has 1 aromatic heterocycles. The lowest BCUT2D eigenvalue weighted by atomic mass is 10.2. The highest BCUT2D eigenvalue weighted by Crippen LogP contribution is 2.23. The summed E-state index contributed by atoms with van der Waals surface area (Å²) in [6.45, 7) is 1.67. The second-order valence-electron chi connectivity index (χ2n) is 5.23. The van der Waals surface area contributed by atoms with Crippen LogP contribution in [0.4, 0.5) is 5.69 Å². The van der Waals surface area contributed by atoms with E-state index in [4.69, 9.17) is 14.2 Å². The van der Waals surface area contributed by atoms with Crippen LogP contribution < -0.4 is 20.1 Å². The summed E-state index contributed by atoms with van der Waals surface area (Å²) in [6, 6.07) is 10.3. The minimum Gasteiger partial charge on any atom is -0.497 e. The molecule has 7 nitrogen and oxygen atoms in total. The highest BCUT2D eigenvalue weighted by atomic mass is 35.5. The lowest BCUT2D eigenvalue weighted by molar-refractivity contribution is -0.120. The number of aromatic nitrogens is 1. The third kappa shape index (κ3) is 6.03. The van der Waals surface area contributed by atoms with Crippen LogP contribution in [-0.2, 0) is 9.53 Å². The molecule has 0 radical (unpaired) electrons. The molecule has 0 bridgehead atoms. The molecule has 1 atom stereocenters. The molecule has 9 heteroatoms. The maximum absolute atomic E-state index is 12.1. The van der Waals surface area contributed by atoms with Crippen LogP contribution >= 0.6 is 24.8 Å². The minimum atomic E-state index is -0.339. The van der Waals surface area contributed by atoms with Crippen LogP contribution in [0.15, 0.2) is 42.6 Å². The van der Waals surface area contributed by atoms with E-state index in [1.807, 2.05) is 12.1 Å². The average Bonchev–Trinajstić information content (AvgIpc) is 2.65. The molecule has 1 amide bonds. The summed E-state index contributed by atoms with van der Waals surface area (Å²) in [5.74, 6) is 1.72. The van der Waals surface area contributed by atoms with Crippen molar-refractivity contribution in [2.45, 2.75) is 6.04 Å². The van der Waals surface area contributed by atoms with Crippen molar-refractivity contribution in [3.8, 4) is 17.4 Å². The van der Waals surface area contributed by atoms with Gasteiger partial charge in [0.05, 0.1) is 32.2 Å². The Bertz CT molecular complexity index is 677. The second-order valence-corrected chi connectivity index (χ2v) is 5.23. The largest absolute Gasteiger partial charge is 0.497 e. The number of pyridine rings is 1. The minimum absolute atomic E-state index is 0. The van der Waals surface area contributed by atoms with E-state index in [2.05, 4.69) is 15.6 Å². The van der Waals surface area contributed by atoms with E-state index >= 15 is 0 Å². The van der Waals surface area contributed by atoms with Gasteiger partial charge in [-0.2, -0.15) is 0 Å². The number of rotatable bonds is 5. The van der Waals surface area contributed by atoms with Gasteiger partial charge in [0, 0.05) is 12.6 Å². The van der Waals surface area contributed by atoms with Crippen molar-refractivity contribution in [2.75, 3.05) is 32.2 Å². The summed E-state index contributed by atoms with van der Waals surface area (Å²) in [5, 5.41) is 5.90. The van der Waals surface area contributed by atoms with Crippen molar-refractivity contribution >= 4 is 36.4 Å². The number of carbonyl (C=O) groups excluding carboxylic acids is 1. The predicted octanol–water partition coefficient (Wildman–Crippen LogP) is 2.65. The van der Waals surface area contributed by atoms with Gasteiger partial charge in [-0.15, -0.1) is 24.8 Å². The summed E-state index contributed by atoms with van der Waals surface area (Å²) in [4.78, 5) is 16.3. The molecule has 2 N–H and O–H groups in total.